The summed E-state index contributed by atoms with van der Waals surface area (Å²) in [5.74, 6) is 2.47. The number of benzene rings is 2. The monoisotopic (exact) mass is 407 g/mol. The van der Waals surface area contributed by atoms with Crippen LogP contribution in [0.15, 0.2) is 59.7 Å². The molecule has 7 heteroatoms. The Kier molecular flexibility index (Phi) is 7.32. The lowest BCUT2D eigenvalue weighted by molar-refractivity contribution is 0.409. The van der Waals surface area contributed by atoms with Crippen molar-refractivity contribution in [1.29, 1.82) is 0 Å². The normalized spacial score (nSPS) is 11.3. The summed E-state index contributed by atoms with van der Waals surface area (Å²) in [6, 6.07) is 16.0. The third kappa shape index (κ3) is 5.53. The molecule has 30 heavy (non-hydrogen) atoms. The zero-order valence-corrected chi connectivity index (χ0v) is 18.0. The first-order chi connectivity index (χ1) is 14.6. The lowest BCUT2D eigenvalue weighted by atomic mass is 10.1. The molecule has 0 aliphatic heterocycles. The largest absolute Gasteiger partial charge is 0.497 e. The summed E-state index contributed by atoms with van der Waals surface area (Å²) in [5.41, 5.74) is 4.31. The van der Waals surface area contributed by atoms with E-state index in [1.807, 2.05) is 47.3 Å². The minimum absolute atomic E-state index is 0.580. The van der Waals surface area contributed by atoms with Gasteiger partial charge in [-0.2, -0.15) is 5.10 Å². The Balaban J connectivity index is 1.51. The highest BCUT2D eigenvalue weighted by atomic mass is 16.5. The summed E-state index contributed by atoms with van der Waals surface area (Å²) in [6.45, 7) is 3.41. The van der Waals surface area contributed by atoms with Gasteiger partial charge in [0, 0.05) is 19.8 Å². The number of hydrogen-bond donors (Lipinski definition) is 2. The number of rotatable bonds is 8. The molecule has 0 saturated heterocycles. The van der Waals surface area contributed by atoms with E-state index in [0.29, 0.717) is 6.54 Å². The number of aromatic nitrogens is 2. The number of guanidine groups is 1. The minimum Gasteiger partial charge on any atom is -0.497 e. The van der Waals surface area contributed by atoms with E-state index in [-0.39, 0.29) is 0 Å². The second kappa shape index (κ2) is 10.3. The molecule has 158 valence electrons. The molecule has 3 rings (SSSR count). The number of hydrogen-bond acceptors (Lipinski definition) is 4. The highest BCUT2D eigenvalue weighted by molar-refractivity contribution is 5.79. The SMILES string of the molecule is CN=C(NCCc1cc(C)ccc1OC)NCc1ccn(-c2ccc(OC)cc2)n1. The predicted octanol–water partition coefficient (Wildman–Crippen LogP) is 3.11. The van der Waals surface area contributed by atoms with Gasteiger partial charge in [-0.15, -0.1) is 0 Å². The second-order valence-electron chi connectivity index (χ2n) is 6.87. The molecule has 0 amide bonds. The van der Waals surface area contributed by atoms with Crippen LogP contribution in [0.5, 0.6) is 11.5 Å². The average molecular weight is 408 g/mol. The van der Waals surface area contributed by atoms with Crippen LogP contribution < -0.4 is 20.1 Å². The number of nitrogens with zero attached hydrogens (tertiary/aromatic N) is 3. The van der Waals surface area contributed by atoms with Crippen LogP contribution in [0.3, 0.4) is 0 Å². The van der Waals surface area contributed by atoms with Crippen LogP contribution in [-0.2, 0) is 13.0 Å². The Morgan fingerprint density at radius 3 is 2.53 bits per heavy atom. The molecule has 0 unspecified atom stereocenters. The molecule has 0 radical (unpaired) electrons. The molecular formula is C23H29N5O2. The molecule has 0 bridgehead atoms. The van der Waals surface area contributed by atoms with Crippen molar-refractivity contribution in [3.8, 4) is 17.2 Å². The molecule has 0 aliphatic rings. The maximum absolute atomic E-state index is 5.45. The van der Waals surface area contributed by atoms with Gasteiger partial charge in [0.05, 0.1) is 32.1 Å². The zero-order valence-electron chi connectivity index (χ0n) is 18.0. The van der Waals surface area contributed by atoms with Crippen molar-refractivity contribution < 1.29 is 9.47 Å². The van der Waals surface area contributed by atoms with Crippen molar-refractivity contribution in [2.75, 3.05) is 27.8 Å². The molecule has 0 fully saturated rings. The van der Waals surface area contributed by atoms with Crippen LogP contribution >= 0.6 is 0 Å². The van der Waals surface area contributed by atoms with E-state index >= 15 is 0 Å². The molecule has 0 saturated carbocycles. The summed E-state index contributed by atoms with van der Waals surface area (Å²) in [6.07, 6.45) is 2.79. The van der Waals surface area contributed by atoms with Gasteiger partial charge in [0.15, 0.2) is 5.96 Å². The summed E-state index contributed by atoms with van der Waals surface area (Å²) >= 11 is 0. The van der Waals surface area contributed by atoms with Crippen molar-refractivity contribution in [2.24, 2.45) is 4.99 Å². The highest BCUT2D eigenvalue weighted by Gasteiger charge is 2.06. The van der Waals surface area contributed by atoms with E-state index in [4.69, 9.17) is 9.47 Å². The summed E-state index contributed by atoms with van der Waals surface area (Å²) in [7, 11) is 5.12. The van der Waals surface area contributed by atoms with Crippen LogP contribution in [0, 0.1) is 6.92 Å². The topological polar surface area (TPSA) is 72.7 Å². The highest BCUT2D eigenvalue weighted by Crippen LogP contribution is 2.19. The number of aliphatic imine (C=N–C) groups is 1. The van der Waals surface area contributed by atoms with Crippen molar-refractivity contribution >= 4 is 5.96 Å². The third-order valence-electron chi connectivity index (χ3n) is 4.76. The first-order valence-electron chi connectivity index (χ1n) is 9.90. The van der Waals surface area contributed by atoms with Crippen LogP contribution in [0.4, 0.5) is 0 Å². The van der Waals surface area contributed by atoms with Gasteiger partial charge in [-0.05, 0) is 55.3 Å². The molecule has 0 atom stereocenters. The number of nitrogens with one attached hydrogen (secondary N) is 2. The number of aryl methyl sites for hydroxylation is 1. The molecule has 7 nitrogen and oxygen atoms in total. The van der Waals surface area contributed by atoms with Gasteiger partial charge in [-0.1, -0.05) is 17.7 Å². The van der Waals surface area contributed by atoms with Crippen molar-refractivity contribution in [2.45, 2.75) is 19.9 Å². The smallest absolute Gasteiger partial charge is 0.191 e. The predicted molar refractivity (Wildman–Crippen MR) is 120 cm³/mol. The van der Waals surface area contributed by atoms with Gasteiger partial charge in [-0.3, -0.25) is 4.99 Å². The first kappa shape index (κ1) is 21.2. The van der Waals surface area contributed by atoms with Gasteiger partial charge in [0.1, 0.15) is 11.5 Å². The van der Waals surface area contributed by atoms with Gasteiger partial charge in [0.2, 0.25) is 0 Å². The Labute approximate surface area is 177 Å². The summed E-state index contributed by atoms with van der Waals surface area (Å²) < 4.78 is 12.5. The Bertz CT molecular complexity index is 980. The average Bonchev–Trinajstić information content (AvgIpc) is 3.25. The van der Waals surface area contributed by atoms with Crippen LogP contribution in [-0.4, -0.2) is 43.6 Å². The lowest BCUT2D eigenvalue weighted by Gasteiger charge is -2.13. The molecule has 0 aliphatic carbocycles. The van der Waals surface area contributed by atoms with Crippen molar-refractivity contribution in [3.63, 3.8) is 0 Å². The van der Waals surface area contributed by atoms with E-state index in [9.17, 15) is 0 Å². The van der Waals surface area contributed by atoms with Crippen LogP contribution in [0.2, 0.25) is 0 Å². The van der Waals surface area contributed by atoms with Gasteiger partial charge < -0.3 is 20.1 Å². The second-order valence-corrected chi connectivity index (χ2v) is 6.87. The van der Waals surface area contributed by atoms with E-state index in [0.717, 1.165) is 41.8 Å². The standard InChI is InChI=1S/C23H29N5O2/c1-17-5-10-22(30-4)18(15-17)11-13-25-23(24-2)26-16-19-12-14-28(27-19)20-6-8-21(29-3)9-7-20/h5-10,12,14-15H,11,13,16H2,1-4H3,(H2,24,25,26). The maximum atomic E-state index is 5.45. The molecule has 2 aromatic carbocycles. The molecular weight excluding hydrogens is 378 g/mol. The van der Waals surface area contributed by atoms with E-state index in [1.54, 1.807) is 21.3 Å². The van der Waals surface area contributed by atoms with Crippen molar-refractivity contribution in [1.82, 2.24) is 20.4 Å². The summed E-state index contributed by atoms with van der Waals surface area (Å²) in [5, 5.41) is 11.3. The molecule has 0 spiro atoms. The minimum atomic E-state index is 0.580. The fraction of sp³-hybridized carbons (Fsp3) is 0.304. The number of methoxy groups -OCH3 is 2. The summed E-state index contributed by atoms with van der Waals surface area (Å²) in [4.78, 5) is 4.29. The van der Waals surface area contributed by atoms with E-state index < -0.39 is 0 Å². The Morgan fingerprint density at radius 2 is 1.83 bits per heavy atom. The molecule has 2 N–H and O–H groups in total. The van der Waals surface area contributed by atoms with Crippen LogP contribution in [0.25, 0.3) is 5.69 Å². The van der Waals surface area contributed by atoms with E-state index in [1.165, 1.54) is 11.1 Å². The molecule has 1 heterocycles. The lowest BCUT2D eigenvalue weighted by Crippen LogP contribution is -2.38. The zero-order chi connectivity index (χ0) is 21.3. The van der Waals surface area contributed by atoms with Gasteiger partial charge in [-0.25, -0.2) is 4.68 Å². The fourth-order valence-electron chi connectivity index (χ4n) is 3.15. The number of ether oxygens (including phenoxy) is 2. The van der Waals surface area contributed by atoms with Crippen molar-refractivity contribution in [3.05, 3.63) is 71.5 Å². The van der Waals surface area contributed by atoms with Gasteiger partial charge in [0.25, 0.3) is 0 Å². The fourth-order valence-corrected chi connectivity index (χ4v) is 3.15. The van der Waals surface area contributed by atoms with E-state index in [2.05, 4.69) is 39.8 Å². The quantitative estimate of drug-likeness (QED) is 0.443. The maximum Gasteiger partial charge on any atom is 0.191 e. The Morgan fingerprint density at radius 1 is 1.03 bits per heavy atom. The molecule has 1 aromatic heterocycles. The third-order valence-corrected chi connectivity index (χ3v) is 4.76. The molecule has 3 aromatic rings. The Hall–Kier alpha value is -3.48. The van der Waals surface area contributed by atoms with Gasteiger partial charge >= 0.3 is 0 Å². The van der Waals surface area contributed by atoms with Crippen LogP contribution in [0.1, 0.15) is 16.8 Å². The first-order valence-corrected chi connectivity index (χ1v) is 9.90.